The van der Waals surface area contributed by atoms with E-state index in [-0.39, 0.29) is 0 Å². The number of rotatable bonds is 1. The summed E-state index contributed by atoms with van der Waals surface area (Å²) in [4.78, 5) is 6.36. The molecule has 0 bridgehead atoms. The monoisotopic (exact) mass is 256 g/mol. The van der Waals surface area contributed by atoms with E-state index < -0.39 is 5.60 Å². The van der Waals surface area contributed by atoms with E-state index in [1.165, 1.54) is 5.56 Å². The molecule has 0 aromatic carbocycles. The number of hydrogen-bond acceptors (Lipinski definition) is 3. The predicted octanol–water partition coefficient (Wildman–Crippen LogP) is 1.72. The number of aromatic nitrogens is 1. The van der Waals surface area contributed by atoms with Gasteiger partial charge in [-0.25, -0.2) is 4.98 Å². The highest BCUT2D eigenvalue weighted by Crippen LogP contribution is 2.27. The van der Waals surface area contributed by atoms with Crippen molar-refractivity contribution in [1.29, 1.82) is 0 Å². The van der Waals surface area contributed by atoms with Crippen LogP contribution in [0.5, 0.6) is 0 Å². The Morgan fingerprint density at radius 2 is 2.21 bits per heavy atom. The SMILES string of the molecule is Cc1cc(N2CC(C)(O)C2)ncc1Br. The zero-order valence-electron chi connectivity index (χ0n) is 8.29. The zero-order chi connectivity index (χ0) is 10.3. The highest BCUT2D eigenvalue weighted by atomic mass is 79.9. The molecular weight excluding hydrogens is 244 g/mol. The molecule has 2 heterocycles. The molecule has 1 fully saturated rings. The molecule has 1 saturated heterocycles. The van der Waals surface area contributed by atoms with Crippen molar-refractivity contribution in [2.75, 3.05) is 18.0 Å². The molecule has 0 unspecified atom stereocenters. The van der Waals surface area contributed by atoms with E-state index in [1.54, 1.807) is 6.20 Å². The van der Waals surface area contributed by atoms with Gasteiger partial charge in [0.25, 0.3) is 0 Å². The lowest BCUT2D eigenvalue weighted by Crippen LogP contribution is -2.60. The van der Waals surface area contributed by atoms with Gasteiger partial charge in [-0.3, -0.25) is 0 Å². The van der Waals surface area contributed by atoms with E-state index in [0.717, 1.165) is 10.3 Å². The van der Waals surface area contributed by atoms with Gasteiger partial charge in [0.15, 0.2) is 0 Å². The quantitative estimate of drug-likeness (QED) is 0.832. The second kappa shape index (κ2) is 3.21. The van der Waals surface area contributed by atoms with Gasteiger partial charge in [-0.2, -0.15) is 0 Å². The van der Waals surface area contributed by atoms with E-state index in [0.29, 0.717) is 13.1 Å². The first kappa shape index (κ1) is 9.93. The summed E-state index contributed by atoms with van der Waals surface area (Å²) in [6.07, 6.45) is 1.80. The standard InChI is InChI=1S/C10H13BrN2O/c1-7-3-9(12-4-8(7)11)13-5-10(2,14)6-13/h3-4,14H,5-6H2,1-2H3. The maximum Gasteiger partial charge on any atom is 0.129 e. The Kier molecular flexibility index (Phi) is 2.27. The Labute approximate surface area is 91.9 Å². The second-order valence-electron chi connectivity index (χ2n) is 4.14. The molecule has 1 aromatic rings. The number of hydrogen-bond donors (Lipinski definition) is 1. The van der Waals surface area contributed by atoms with Crippen LogP contribution >= 0.6 is 15.9 Å². The van der Waals surface area contributed by atoms with Gasteiger partial charge >= 0.3 is 0 Å². The fraction of sp³-hybridized carbons (Fsp3) is 0.500. The lowest BCUT2D eigenvalue weighted by molar-refractivity contribution is 0.0305. The van der Waals surface area contributed by atoms with E-state index in [1.807, 2.05) is 19.9 Å². The van der Waals surface area contributed by atoms with Gasteiger partial charge in [0.05, 0.1) is 5.60 Å². The van der Waals surface area contributed by atoms with Crippen LogP contribution in [0.2, 0.25) is 0 Å². The van der Waals surface area contributed by atoms with Gasteiger partial charge in [0.2, 0.25) is 0 Å². The topological polar surface area (TPSA) is 36.4 Å². The Balaban J connectivity index is 2.16. The molecule has 0 atom stereocenters. The average Bonchev–Trinajstić information content (AvgIpc) is 2.06. The van der Waals surface area contributed by atoms with Gasteiger partial charge in [0, 0.05) is 23.8 Å². The van der Waals surface area contributed by atoms with Crippen LogP contribution in [0.1, 0.15) is 12.5 Å². The van der Waals surface area contributed by atoms with Crippen LogP contribution in [0.15, 0.2) is 16.7 Å². The van der Waals surface area contributed by atoms with Crippen LogP contribution < -0.4 is 4.90 Å². The summed E-state index contributed by atoms with van der Waals surface area (Å²) in [5, 5.41) is 9.59. The molecule has 0 radical (unpaired) electrons. The van der Waals surface area contributed by atoms with Crippen LogP contribution in [-0.4, -0.2) is 28.8 Å². The van der Waals surface area contributed by atoms with Crippen LogP contribution in [0.3, 0.4) is 0 Å². The highest BCUT2D eigenvalue weighted by Gasteiger charge is 2.37. The summed E-state index contributed by atoms with van der Waals surface area (Å²) in [6, 6.07) is 2.03. The summed E-state index contributed by atoms with van der Waals surface area (Å²) < 4.78 is 1.02. The molecular formula is C10H13BrN2O. The van der Waals surface area contributed by atoms with Gasteiger partial charge in [0.1, 0.15) is 5.82 Å². The molecule has 1 N–H and O–H groups in total. The third-order valence-electron chi connectivity index (χ3n) is 2.42. The maximum absolute atomic E-state index is 9.59. The Morgan fingerprint density at radius 1 is 1.57 bits per heavy atom. The highest BCUT2D eigenvalue weighted by molar-refractivity contribution is 9.10. The van der Waals surface area contributed by atoms with Crippen molar-refractivity contribution < 1.29 is 5.11 Å². The van der Waals surface area contributed by atoms with Crippen molar-refractivity contribution in [2.24, 2.45) is 0 Å². The third kappa shape index (κ3) is 1.77. The molecule has 0 saturated carbocycles. The van der Waals surface area contributed by atoms with Crippen LogP contribution in [0, 0.1) is 6.92 Å². The first-order valence-corrected chi connectivity index (χ1v) is 5.37. The molecule has 2 rings (SSSR count). The minimum absolute atomic E-state index is 0.539. The van der Waals surface area contributed by atoms with Crippen molar-refractivity contribution in [3.8, 4) is 0 Å². The Morgan fingerprint density at radius 3 is 2.71 bits per heavy atom. The van der Waals surface area contributed by atoms with Crippen molar-refractivity contribution in [2.45, 2.75) is 19.4 Å². The average molecular weight is 257 g/mol. The van der Waals surface area contributed by atoms with Crippen molar-refractivity contribution >= 4 is 21.7 Å². The molecule has 14 heavy (non-hydrogen) atoms. The first-order chi connectivity index (χ1) is 6.48. The summed E-state index contributed by atoms with van der Waals surface area (Å²) in [7, 11) is 0. The largest absolute Gasteiger partial charge is 0.386 e. The van der Waals surface area contributed by atoms with E-state index in [9.17, 15) is 5.11 Å². The fourth-order valence-corrected chi connectivity index (χ4v) is 1.85. The summed E-state index contributed by atoms with van der Waals surface area (Å²) in [5.74, 6) is 0.942. The smallest absolute Gasteiger partial charge is 0.129 e. The lowest BCUT2D eigenvalue weighted by Gasteiger charge is -2.45. The van der Waals surface area contributed by atoms with Crippen molar-refractivity contribution in [3.63, 3.8) is 0 Å². The molecule has 76 valence electrons. The fourth-order valence-electron chi connectivity index (χ4n) is 1.64. The number of pyridine rings is 1. The molecule has 4 heteroatoms. The summed E-state index contributed by atoms with van der Waals surface area (Å²) in [6.45, 7) is 5.21. The normalized spacial score (nSPS) is 19.3. The molecule has 1 aliphatic rings. The van der Waals surface area contributed by atoms with Gasteiger partial charge in [-0.15, -0.1) is 0 Å². The van der Waals surface area contributed by atoms with Crippen LogP contribution in [0.4, 0.5) is 5.82 Å². The number of halogens is 1. The number of anilines is 1. The summed E-state index contributed by atoms with van der Waals surface area (Å²) >= 11 is 3.41. The van der Waals surface area contributed by atoms with E-state index in [4.69, 9.17) is 0 Å². The molecule has 1 aliphatic heterocycles. The van der Waals surface area contributed by atoms with Gasteiger partial charge < -0.3 is 10.0 Å². The Bertz CT molecular complexity index is 357. The molecule has 0 spiro atoms. The van der Waals surface area contributed by atoms with Crippen LogP contribution in [0.25, 0.3) is 0 Å². The first-order valence-electron chi connectivity index (χ1n) is 4.57. The van der Waals surface area contributed by atoms with Crippen LogP contribution in [-0.2, 0) is 0 Å². The van der Waals surface area contributed by atoms with Gasteiger partial charge in [-0.1, -0.05) is 0 Å². The second-order valence-corrected chi connectivity index (χ2v) is 5.00. The van der Waals surface area contributed by atoms with Crippen molar-refractivity contribution in [1.82, 2.24) is 4.98 Å². The van der Waals surface area contributed by atoms with E-state index >= 15 is 0 Å². The van der Waals surface area contributed by atoms with Crippen molar-refractivity contribution in [3.05, 3.63) is 22.3 Å². The Hall–Kier alpha value is -0.610. The number of β-amino-alcohol motifs (C(OH)–C–C–N with tert-alkyl or cyclic N) is 1. The van der Waals surface area contributed by atoms with Gasteiger partial charge in [-0.05, 0) is 41.4 Å². The zero-order valence-corrected chi connectivity index (χ0v) is 9.87. The molecule has 3 nitrogen and oxygen atoms in total. The molecule has 0 aliphatic carbocycles. The third-order valence-corrected chi connectivity index (χ3v) is 3.25. The number of aliphatic hydroxyl groups is 1. The predicted molar refractivity (Wildman–Crippen MR) is 59.5 cm³/mol. The summed E-state index contributed by atoms with van der Waals surface area (Å²) in [5.41, 5.74) is 0.629. The maximum atomic E-state index is 9.59. The molecule has 1 aromatic heterocycles. The molecule has 0 amide bonds. The minimum Gasteiger partial charge on any atom is -0.386 e. The minimum atomic E-state index is -0.539. The number of aryl methyl sites for hydroxylation is 1. The number of nitrogens with zero attached hydrogens (tertiary/aromatic N) is 2. The van der Waals surface area contributed by atoms with E-state index in [2.05, 4.69) is 25.8 Å². The lowest BCUT2D eigenvalue weighted by atomic mass is 9.97.